The molecule has 4 unspecified atom stereocenters. The van der Waals surface area contributed by atoms with E-state index in [0.29, 0.717) is 12.0 Å². The third-order valence-corrected chi connectivity index (χ3v) is 5.48. The molecule has 1 aromatic heterocycles. The molecule has 31 heavy (non-hydrogen) atoms. The van der Waals surface area contributed by atoms with Gasteiger partial charge in [0, 0.05) is 5.56 Å². The summed E-state index contributed by atoms with van der Waals surface area (Å²) in [6.45, 7) is 1.99. The van der Waals surface area contributed by atoms with Gasteiger partial charge in [-0.1, -0.05) is 55.8 Å². The second-order valence-corrected chi connectivity index (χ2v) is 7.56. The number of aromatic nitrogens is 1. The van der Waals surface area contributed by atoms with Crippen LogP contribution in [0.3, 0.4) is 0 Å². The third kappa shape index (κ3) is 4.71. The summed E-state index contributed by atoms with van der Waals surface area (Å²) >= 11 is 0. The summed E-state index contributed by atoms with van der Waals surface area (Å²) in [6, 6.07) is 8.08. The number of nitrogens with one attached hydrogen (secondary N) is 2. The van der Waals surface area contributed by atoms with E-state index < -0.39 is 36.2 Å². The maximum Gasteiger partial charge on any atom is 0.354 e. The first-order valence-corrected chi connectivity index (χ1v) is 10.3. The Morgan fingerprint density at radius 3 is 2.61 bits per heavy atom. The Kier molecular flexibility index (Phi) is 7.27. The quantitative estimate of drug-likeness (QED) is 0.407. The average Bonchev–Trinajstić information content (AvgIpc) is 3.18. The molecule has 3 rings (SSSR count). The van der Waals surface area contributed by atoms with Gasteiger partial charge in [-0.15, -0.1) is 0 Å². The smallest absolute Gasteiger partial charge is 0.354 e. The number of carbonyl (C=O) groups excluding carboxylic acids is 2. The van der Waals surface area contributed by atoms with Crippen molar-refractivity contribution in [2.24, 2.45) is 0 Å². The molecule has 0 spiro atoms. The number of rotatable bonds is 8. The first-order chi connectivity index (χ1) is 14.9. The Morgan fingerprint density at radius 2 is 1.97 bits per heavy atom. The van der Waals surface area contributed by atoms with Crippen LogP contribution < -0.4 is 5.32 Å². The number of fused-ring (bicyclic) bond motifs is 1. The van der Waals surface area contributed by atoms with Gasteiger partial charge in [0.1, 0.15) is 29.7 Å². The molecule has 2 aromatic rings. The Balaban J connectivity index is 1.89. The van der Waals surface area contributed by atoms with Gasteiger partial charge in [0.15, 0.2) is 0 Å². The molecule has 0 fully saturated rings. The number of aliphatic hydroxyl groups excluding tert-OH is 3. The SMILES string of the molecule is CCCCc1c(C(=O)OC)[nH]c2c1C(O)C(C(O)C(O)C=Cc1ccccc1)NC2=O. The number of hydrogen-bond donors (Lipinski definition) is 5. The van der Waals surface area contributed by atoms with E-state index in [1.807, 2.05) is 37.3 Å². The molecular formula is C23H28N2O6. The standard InChI is InChI=1S/C23H28N2O6/c1-3-4-10-14-16-18(24-17(14)23(30)31-2)22(29)25-19(21(16)28)20(27)15(26)12-11-13-8-6-5-7-9-13/h5-9,11-12,15,19-21,24,26-28H,3-4,10H2,1-2H3,(H,25,29). The van der Waals surface area contributed by atoms with Crippen LogP contribution in [0.2, 0.25) is 0 Å². The molecule has 166 valence electrons. The summed E-state index contributed by atoms with van der Waals surface area (Å²) in [4.78, 5) is 27.7. The highest BCUT2D eigenvalue weighted by Gasteiger charge is 2.42. The number of methoxy groups -OCH3 is 1. The highest BCUT2D eigenvalue weighted by Crippen LogP contribution is 2.34. The van der Waals surface area contributed by atoms with Crippen LogP contribution in [0.1, 0.15) is 63.5 Å². The van der Waals surface area contributed by atoms with E-state index in [1.54, 1.807) is 6.08 Å². The Morgan fingerprint density at radius 1 is 1.26 bits per heavy atom. The fraction of sp³-hybridized carbons (Fsp3) is 0.391. The maximum absolute atomic E-state index is 12.7. The van der Waals surface area contributed by atoms with Crippen molar-refractivity contribution in [3.63, 3.8) is 0 Å². The normalized spacial score (nSPS) is 20.2. The van der Waals surface area contributed by atoms with E-state index in [4.69, 9.17) is 4.74 Å². The third-order valence-electron chi connectivity index (χ3n) is 5.48. The summed E-state index contributed by atoms with van der Waals surface area (Å²) in [6.07, 6.45) is 0.969. The molecule has 1 aromatic carbocycles. The lowest BCUT2D eigenvalue weighted by atomic mass is 9.87. The van der Waals surface area contributed by atoms with Crippen molar-refractivity contribution in [2.45, 2.75) is 50.5 Å². The highest BCUT2D eigenvalue weighted by atomic mass is 16.5. The van der Waals surface area contributed by atoms with E-state index in [2.05, 4.69) is 10.3 Å². The van der Waals surface area contributed by atoms with Crippen molar-refractivity contribution in [3.8, 4) is 0 Å². The number of hydrogen-bond acceptors (Lipinski definition) is 6. The van der Waals surface area contributed by atoms with Crippen LogP contribution in [0.15, 0.2) is 36.4 Å². The minimum absolute atomic E-state index is 0.0665. The summed E-state index contributed by atoms with van der Waals surface area (Å²) in [5, 5.41) is 34.7. The molecular weight excluding hydrogens is 400 g/mol. The van der Waals surface area contributed by atoms with Crippen LogP contribution in [0.5, 0.6) is 0 Å². The predicted molar refractivity (Wildman–Crippen MR) is 114 cm³/mol. The summed E-state index contributed by atoms with van der Waals surface area (Å²) in [7, 11) is 1.24. The van der Waals surface area contributed by atoms with Gasteiger partial charge in [0.05, 0.1) is 13.2 Å². The van der Waals surface area contributed by atoms with Crippen LogP contribution >= 0.6 is 0 Å². The Labute approximate surface area is 180 Å². The number of aliphatic hydroxyl groups is 3. The van der Waals surface area contributed by atoms with Crippen molar-refractivity contribution < 1.29 is 29.6 Å². The molecule has 1 aliphatic rings. The lowest BCUT2D eigenvalue weighted by Crippen LogP contribution is -2.54. The molecule has 0 bridgehead atoms. The molecule has 1 amide bonds. The molecule has 2 heterocycles. The number of benzene rings is 1. The number of H-pyrrole nitrogens is 1. The number of unbranched alkanes of at least 4 members (excludes halogenated alkanes) is 1. The van der Waals surface area contributed by atoms with Gasteiger partial charge in [-0.25, -0.2) is 4.79 Å². The van der Waals surface area contributed by atoms with Gasteiger partial charge < -0.3 is 30.4 Å². The van der Waals surface area contributed by atoms with Crippen LogP contribution in [-0.2, 0) is 11.2 Å². The lowest BCUT2D eigenvalue weighted by Gasteiger charge is -2.34. The maximum atomic E-state index is 12.7. The minimum Gasteiger partial charge on any atom is -0.464 e. The Hall–Kier alpha value is -2.94. The number of amides is 1. The molecule has 0 saturated carbocycles. The summed E-state index contributed by atoms with van der Waals surface area (Å²) < 4.78 is 4.81. The van der Waals surface area contributed by atoms with Crippen molar-refractivity contribution in [3.05, 3.63) is 64.5 Å². The zero-order valence-electron chi connectivity index (χ0n) is 17.5. The van der Waals surface area contributed by atoms with Crippen LogP contribution in [-0.4, -0.2) is 57.5 Å². The fourth-order valence-corrected chi connectivity index (χ4v) is 3.80. The van der Waals surface area contributed by atoms with Crippen molar-refractivity contribution in [2.75, 3.05) is 7.11 Å². The van der Waals surface area contributed by atoms with E-state index in [1.165, 1.54) is 13.2 Å². The van der Waals surface area contributed by atoms with Crippen LogP contribution in [0.4, 0.5) is 0 Å². The monoisotopic (exact) mass is 428 g/mol. The van der Waals surface area contributed by atoms with Crippen molar-refractivity contribution in [1.82, 2.24) is 10.3 Å². The second-order valence-electron chi connectivity index (χ2n) is 7.56. The first kappa shape index (κ1) is 22.7. The van der Waals surface area contributed by atoms with Gasteiger partial charge in [-0.3, -0.25) is 4.79 Å². The molecule has 8 heteroatoms. The van der Waals surface area contributed by atoms with E-state index in [9.17, 15) is 24.9 Å². The fourth-order valence-electron chi connectivity index (χ4n) is 3.80. The van der Waals surface area contributed by atoms with Gasteiger partial charge in [0.25, 0.3) is 5.91 Å². The number of esters is 1. The molecule has 8 nitrogen and oxygen atoms in total. The number of aromatic amines is 1. The van der Waals surface area contributed by atoms with E-state index in [-0.39, 0.29) is 17.0 Å². The van der Waals surface area contributed by atoms with Crippen LogP contribution in [0, 0.1) is 0 Å². The van der Waals surface area contributed by atoms with Gasteiger partial charge >= 0.3 is 5.97 Å². The molecule has 0 aliphatic carbocycles. The molecule has 5 N–H and O–H groups in total. The van der Waals surface area contributed by atoms with Crippen molar-refractivity contribution >= 4 is 18.0 Å². The largest absolute Gasteiger partial charge is 0.464 e. The second kappa shape index (κ2) is 9.91. The van der Waals surface area contributed by atoms with Gasteiger partial charge in [-0.2, -0.15) is 0 Å². The van der Waals surface area contributed by atoms with Crippen LogP contribution in [0.25, 0.3) is 6.08 Å². The van der Waals surface area contributed by atoms with Gasteiger partial charge in [0.2, 0.25) is 0 Å². The first-order valence-electron chi connectivity index (χ1n) is 10.3. The zero-order valence-corrected chi connectivity index (χ0v) is 17.5. The lowest BCUT2D eigenvalue weighted by molar-refractivity contribution is -0.0222. The topological polar surface area (TPSA) is 132 Å². The Bertz CT molecular complexity index is 952. The van der Waals surface area contributed by atoms with Gasteiger partial charge in [-0.05, 0) is 24.0 Å². The molecule has 0 saturated heterocycles. The number of carbonyl (C=O) groups is 2. The average molecular weight is 428 g/mol. The molecule has 4 atom stereocenters. The predicted octanol–water partition coefficient (Wildman–Crippen LogP) is 1.72. The highest BCUT2D eigenvalue weighted by molar-refractivity contribution is 6.00. The summed E-state index contributed by atoms with van der Waals surface area (Å²) in [5.41, 5.74) is 1.78. The molecule has 1 aliphatic heterocycles. The summed E-state index contributed by atoms with van der Waals surface area (Å²) in [5.74, 6) is -1.21. The van der Waals surface area contributed by atoms with E-state index >= 15 is 0 Å². The van der Waals surface area contributed by atoms with Crippen molar-refractivity contribution in [1.29, 1.82) is 0 Å². The number of ether oxygens (including phenoxy) is 1. The molecule has 0 radical (unpaired) electrons. The van der Waals surface area contributed by atoms with E-state index in [0.717, 1.165) is 18.4 Å². The zero-order chi connectivity index (χ0) is 22.5. The minimum atomic E-state index is -1.47.